The molecule has 1 aromatic rings. The summed E-state index contributed by atoms with van der Waals surface area (Å²) >= 11 is 11.1. The van der Waals surface area contributed by atoms with Crippen LogP contribution in [0.5, 0.6) is 0 Å². The molecule has 0 aliphatic rings. The summed E-state index contributed by atoms with van der Waals surface area (Å²) in [6.45, 7) is 0. The normalized spacial score (nSPS) is 10.4. The fraction of sp³-hybridized carbons (Fsp3) is 0.125. The molecule has 0 spiro atoms. The number of hydrogen-bond donors (Lipinski definition) is 0. The van der Waals surface area contributed by atoms with Crippen LogP contribution in [0.1, 0.15) is 10.4 Å². The summed E-state index contributed by atoms with van der Waals surface area (Å²) in [5.41, 5.74) is 0.0129. The first-order chi connectivity index (χ1) is 6.49. The lowest BCUT2D eigenvalue weighted by Gasteiger charge is -2.06. The smallest absolute Gasteiger partial charge is 0.179 e. The van der Waals surface area contributed by atoms with Gasteiger partial charge in [0.25, 0.3) is 0 Å². The van der Waals surface area contributed by atoms with Crippen molar-refractivity contribution in [3.63, 3.8) is 0 Å². The van der Waals surface area contributed by atoms with Gasteiger partial charge in [-0.1, -0.05) is 0 Å². The Balaban J connectivity index is 3.44. The van der Waals surface area contributed by atoms with Gasteiger partial charge in [0.05, 0.1) is 15.9 Å². The quantitative estimate of drug-likeness (QED) is 0.343. The van der Waals surface area contributed by atoms with E-state index in [1.54, 1.807) is 0 Å². The van der Waals surface area contributed by atoms with Crippen molar-refractivity contribution in [2.75, 3.05) is 5.88 Å². The maximum absolute atomic E-state index is 13.0. The summed E-state index contributed by atoms with van der Waals surface area (Å²) < 4.78 is 25.8. The number of ketones is 1. The van der Waals surface area contributed by atoms with E-state index in [1.165, 1.54) is 0 Å². The van der Waals surface area contributed by atoms with Crippen LogP contribution < -0.4 is 0 Å². The van der Waals surface area contributed by atoms with Crippen LogP contribution in [0.25, 0.3) is 0 Å². The van der Waals surface area contributed by atoms with Gasteiger partial charge in [-0.05, 0) is 37.9 Å². The van der Waals surface area contributed by atoms with Gasteiger partial charge < -0.3 is 0 Å². The van der Waals surface area contributed by atoms with Crippen molar-refractivity contribution >= 4 is 49.2 Å². The average molecular weight is 348 g/mol. The first-order valence-electron chi connectivity index (χ1n) is 3.41. The molecule has 0 aliphatic heterocycles. The van der Waals surface area contributed by atoms with E-state index in [4.69, 9.17) is 11.6 Å². The fourth-order valence-electron chi connectivity index (χ4n) is 0.889. The molecular formula is C8H3Br2ClF2O. The van der Waals surface area contributed by atoms with Crippen molar-refractivity contribution in [2.24, 2.45) is 0 Å². The zero-order chi connectivity index (χ0) is 10.9. The van der Waals surface area contributed by atoms with Gasteiger partial charge in [-0.3, -0.25) is 4.79 Å². The van der Waals surface area contributed by atoms with E-state index < -0.39 is 17.4 Å². The highest BCUT2D eigenvalue weighted by Crippen LogP contribution is 2.30. The highest BCUT2D eigenvalue weighted by Gasteiger charge is 2.19. The lowest BCUT2D eigenvalue weighted by atomic mass is 10.1. The molecule has 0 N–H and O–H groups in total. The molecule has 14 heavy (non-hydrogen) atoms. The predicted molar refractivity (Wildman–Crippen MR) is 56.8 cm³/mol. The van der Waals surface area contributed by atoms with E-state index in [2.05, 4.69) is 31.9 Å². The molecular weight excluding hydrogens is 345 g/mol. The van der Waals surface area contributed by atoms with E-state index in [9.17, 15) is 13.6 Å². The summed E-state index contributed by atoms with van der Waals surface area (Å²) in [6, 6.07) is 0.889. The summed E-state index contributed by atoms with van der Waals surface area (Å²) in [6.07, 6.45) is 0. The van der Waals surface area contributed by atoms with Crippen LogP contribution in [-0.2, 0) is 0 Å². The van der Waals surface area contributed by atoms with Crippen molar-refractivity contribution in [2.45, 2.75) is 0 Å². The van der Waals surface area contributed by atoms with Gasteiger partial charge in [-0.15, -0.1) is 11.6 Å². The van der Waals surface area contributed by atoms with Gasteiger partial charge in [-0.25, -0.2) is 8.78 Å². The molecule has 0 atom stereocenters. The number of benzene rings is 1. The molecule has 0 amide bonds. The number of carbonyl (C=O) groups excluding carboxylic acids is 1. The van der Waals surface area contributed by atoms with Crippen molar-refractivity contribution in [1.29, 1.82) is 0 Å². The molecule has 1 nitrogen and oxygen atoms in total. The second-order valence-electron chi connectivity index (χ2n) is 2.40. The Morgan fingerprint density at radius 2 is 2.00 bits per heavy atom. The molecule has 76 valence electrons. The van der Waals surface area contributed by atoms with Crippen molar-refractivity contribution in [3.05, 3.63) is 32.2 Å². The van der Waals surface area contributed by atoms with Crippen LogP contribution >= 0.6 is 43.5 Å². The lowest BCUT2D eigenvalue weighted by Crippen LogP contribution is -2.05. The second kappa shape index (κ2) is 4.68. The number of hydrogen-bond acceptors (Lipinski definition) is 1. The summed E-state index contributed by atoms with van der Waals surface area (Å²) in [5.74, 6) is -2.90. The lowest BCUT2D eigenvalue weighted by molar-refractivity contribution is 0.101. The summed E-state index contributed by atoms with van der Waals surface area (Å²) in [4.78, 5) is 11.2. The van der Waals surface area contributed by atoms with Gasteiger partial charge in [-0.2, -0.15) is 0 Å². The Labute approximate surface area is 101 Å². The monoisotopic (exact) mass is 346 g/mol. The molecule has 6 heteroatoms. The number of carbonyl (C=O) groups is 1. The van der Waals surface area contributed by atoms with E-state index in [1.807, 2.05) is 0 Å². The summed E-state index contributed by atoms with van der Waals surface area (Å²) in [7, 11) is 0. The van der Waals surface area contributed by atoms with Crippen LogP contribution in [0.2, 0.25) is 0 Å². The minimum atomic E-state index is -1.10. The zero-order valence-electron chi connectivity index (χ0n) is 6.58. The molecule has 0 heterocycles. The maximum atomic E-state index is 13.0. The van der Waals surface area contributed by atoms with E-state index in [0.29, 0.717) is 0 Å². The van der Waals surface area contributed by atoms with Crippen LogP contribution in [0, 0.1) is 11.6 Å². The Morgan fingerprint density at radius 3 is 2.50 bits per heavy atom. The third-order valence-corrected chi connectivity index (χ3v) is 3.13. The first kappa shape index (κ1) is 12.1. The summed E-state index contributed by atoms with van der Waals surface area (Å²) in [5, 5.41) is 0. The molecule has 0 saturated heterocycles. The van der Waals surface area contributed by atoms with E-state index in [0.717, 1.165) is 6.07 Å². The molecule has 1 rings (SSSR count). The van der Waals surface area contributed by atoms with Crippen LogP contribution in [0.15, 0.2) is 15.0 Å². The molecule has 0 aromatic heterocycles. The Morgan fingerprint density at radius 1 is 1.43 bits per heavy atom. The minimum absolute atomic E-state index is 0.0129. The van der Waals surface area contributed by atoms with Gasteiger partial charge in [0.2, 0.25) is 0 Å². The fourth-order valence-corrected chi connectivity index (χ4v) is 2.53. The van der Waals surface area contributed by atoms with Crippen LogP contribution in [0.4, 0.5) is 8.78 Å². The van der Waals surface area contributed by atoms with Gasteiger partial charge >= 0.3 is 0 Å². The van der Waals surface area contributed by atoms with E-state index >= 15 is 0 Å². The Hall–Kier alpha value is -0.000000000000000111. The van der Waals surface area contributed by atoms with Crippen molar-refractivity contribution in [3.8, 4) is 0 Å². The Bertz CT molecular complexity index is 395. The highest BCUT2D eigenvalue weighted by molar-refractivity contribution is 9.11. The van der Waals surface area contributed by atoms with Crippen LogP contribution in [-0.4, -0.2) is 11.7 Å². The number of halogens is 5. The molecule has 1 aromatic carbocycles. The Kier molecular flexibility index (Phi) is 4.04. The largest absolute Gasteiger partial charge is 0.293 e. The standard InChI is InChI=1S/C8H3Br2ClF2O/c9-3-1-4(12)8(13)7(10)6(3)5(14)2-11/h1H,2H2. The second-order valence-corrected chi connectivity index (χ2v) is 4.31. The average Bonchev–Trinajstić information content (AvgIpc) is 2.14. The van der Waals surface area contributed by atoms with Crippen molar-refractivity contribution in [1.82, 2.24) is 0 Å². The number of rotatable bonds is 2. The zero-order valence-corrected chi connectivity index (χ0v) is 10.5. The molecule has 0 radical (unpaired) electrons. The molecule has 0 aliphatic carbocycles. The maximum Gasteiger partial charge on any atom is 0.179 e. The van der Waals surface area contributed by atoms with Gasteiger partial charge in [0.15, 0.2) is 17.4 Å². The molecule has 0 fully saturated rings. The van der Waals surface area contributed by atoms with Crippen molar-refractivity contribution < 1.29 is 13.6 Å². The molecule has 0 bridgehead atoms. The third kappa shape index (κ3) is 2.15. The van der Waals surface area contributed by atoms with Crippen LogP contribution in [0.3, 0.4) is 0 Å². The third-order valence-electron chi connectivity index (χ3n) is 1.51. The minimum Gasteiger partial charge on any atom is -0.293 e. The van der Waals surface area contributed by atoms with E-state index in [-0.39, 0.29) is 20.4 Å². The SMILES string of the molecule is O=C(CCl)c1c(Br)cc(F)c(F)c1Br. The molecule has 0 unspecified atom stereocenters. The topological polar surface area (TPSA) is 17.1 Å². The molecule has 0 saturated carbocycles. The first-order valence-corrected chi connectivity index (χ1v) is 5.53. The number of alkyl halides is 1. The highest BCUT2D eigenvalue weighted by atomic mass is 79.9. The number of Topliss-reactive ketones (excluding diaryl/α,β-unsaturated/α-hetero) is 1. The van der Waals surface area contributed by atoms with Gasteiger partial charge in [0.1, 0.15) is 0 Å². The van der Waals surface area contributed by atoms with Gasteiger partial charge in [0, 0.05) is 4.47 Å². The predicted octanol–water partition coefficient (Wildman–Crippen LogP) is 3.91.